The molecular weight excluding hydrogens is 180 g/mol. The predicted octanol–water partition coefficient (Wildman–Crippen LogP) is 0.000900. The van der Waals surface area contributed by atoms with Gasteiger partial charge in [-0.1, -0.05) is 6.92 Å². The van der Waals surface area contributed by atoms with Gasteiger partial charge in [-0.05, 0) is 31.6 Å². The largest absolute Gasteiger partial charge is 0.393 e. The maximum atomic E-state index is 11.3. The number of nitrogens with two attached hydrogens (primary N) is 1. The second-order valence-corrected chi connectivity index (χ2v) is 4.09. The molecule has 0 spiro atoms. The summed E-state index contributed by atoms with van der Waals surface area (Å²) in [6.07, 6.45) is 3.17. The topological polar surface area (TPSA) is 75.4 Å². The number of aliphatic hydroxyl groups is 1. The number of carbonyl (C=O) groups excluding carboxylic acids is 1. The highest BCUT2D eigenvalue weighted by molar-refractivity contribution is 5.81. The zero-order valence-corrected chi connectivity index (χ0v) is 8.70. The molecule has 4 heteroatoms. The smallest absolute Gasteiger partial charge is 0.236 e. The summed E-state index contributed by atoms with van der Waals surface area (Å²) in [5, 5.41) is 12.1. The van der Waals surface area contributed by atoms with Gasteiger partial charge >= 0.3 is 0 Å². The van der Waals surface area contributed by atoms with Crippen LogP contribution in [0.15, 0.2) is 0 Å². The van der Waals surface area contributed by atoms with Crippen molar-refractivity contribution in [3.63, 3.8) is 0 Å². The summed E-state index contributed by atoms with van der Waals surface area (Å²) in [5.74, 6) is 0.354. The number of hydrogen-bond acceptors (Lipinski definition) is 3. The highest BCUT2D eigenvalue weighted by atomic mass is 16.3. The molecule has 0 bridgehead atoms. The van der Waals surface area contributed by atoms with Gasteiger partial charge in [-0.3, -0.25) is 4.79 Å². The third kappa shape index (κ3) is 3.27. The molecule has 1 amide bonds. The average molecular weight is 200 g/mol. The minimum Gasteiger partial charge on any atom is -0.393 e. The lowest BCUT2D eigenvalue weighted by Crippen LogP contribution is -2.41. The zero-order chi connectivity index (χ0) is 10.6. The Bertz CT molecular complexity index is 197. The van der Waals surface area contributed by atoms with Crippen LogP contribution in [0.1, 0.15) is 32.6 Å². The SMILES string of the molecule is CCC(N)C(=O)NCC1CCC(O)C1. The second-order valence-electron chi connectivity index (χ2n) is 4.09. The Morgan fingerprint density at radius 2 is 2.36 bits per heavy atom. The summed E-state index contributed by atoms with van der Waals surface area (Å²) in [4.78, 5) is 11.3. The van der Waals surface area contributed by atoms with Crippen molar-refractivity contribution in [3.05, 3.63) is 0 Å². The van der Waals surface area contributed by atoms with E-state index in [1.807, 2.05) is 6.92 Å². The Morgan fingerprint density at radius 3 is 2.86 bits per heavy atom. The molecule has 0 radical (unpaired) electrons. The maximum Gasteiger partial charge on any atom is 0.236 e. The Labute approximate surface area is 84.9 Å². The van der Waals surface area contributed by atoms with Crippen LogP contribution in [-0.4, -0.2) is 29.7 Å². The van der Waals surface area contributed by atoms with E-state index in [2.05, 4.69) is 5.32 Å². The molecule has 0 aromatic heterocycles. The number of aliphatic hydroxyl groups excluding tert-OH is 1. The molecular formula is C10H20N2O2. The van der Waals surface area contributed by atoms with Crippen molar-refractivity contribution < 1.29 is 9.90 Å². The molecule has 0 aromatic carbocycles. The maximum absolute atomic E-state index is 11.3. The number of nitrogens with one attached hydrogen (secondary N) is 1. The van der Waals surface area contributed by atoms with Crippen LogP contribution in [-0.2, 0) is 4.79 Å². The summed E-state index contributed by atoms with van der Waals surface area (Å²) < 4.78 is 0. The fourth-order valence-corrected chi connectivity index (χ4v) is 1.80. The first kappa shape index (κ1) is 11.5. The van der Waals surface area contributed by atoms with E-state index in [9.17, 15) is 9.90 Å². The Kier molecular flexibility index (Phi) is 4.35. The minimum absolute atomic E-state index is 0.0751. The van der Waals surface area contributed by atoms with E-state index < -0.39 is 0 Å². The summed E-state index contributed by atoms with van der Waals surface area (Å²) in [5.41, 5.74) is 5.57. The van der Waals surface area contributed by atoms with E-state index in [4.69, 9.17) is 5.73 Å². The third-order valence-electron chi connectivity index (χ3n) is 2.86. The van der Waals surface area contributed by atoms with Gasteiger partial charge in [-0.15, -0.1) is 0 Å². The predicted molar refractivity (Wildman–Crippen MR) is 54.6 cm³/mol. The molecule has 0 saturated heterocycles. The van der Waals surface area contributed by atoms with Crippen molar-refractivity contribution in [2.75, 3.05) is 6.54 Å². The molecule has 0 aliphatic heterocycles. The van der Waals surface area contributed by atoms with Crippen molar-refractivity contribution in [3.8, 4) is 0 Å². The van der Waals surface area contributed by atoms with Gasteiger partial charge in [0.25, 0.3) is 0 Å². The van der Waals surface area contributed by atoms with E-state index >= 15 is 0 Å². The van der Waals surface area contributed by atoms with Crippen LogP contribution in [0.5, 0.6) is 0 Å². The van der Waals surface area contributed by atoms with Crippen molar-refractivity contribution in [1.29, 1.82) is 0 Å². The monoisotopic (exact) mass is 200 g/mol. The molecule has 82 valence electrons. The van der Waals surface area contributed by atoms with Gasteiger partial charge in [-0.2, -0.15) is 0 Å². The second kappa shape index (κ2) is 5.32. The lowest BCUT2D eigenvalue weighted by molar-refractivity contribution is -0.122. The highest BCUT2D eigenvalue weighted by Gasteiger charge is 2.23. The zero-order valence-electron chi connectivity index (χ0n) is 8.70. The number of carbonyl (C=O) groups is 1. The Morgan fingerprint density at radius 1 is 1.64 bits per heavy atom. The molecule has 1 rings (SSSR count). The highest BCUT2D eigenvalue weighted by Crippen LogP contribution is 2.24. The summed E-state index contributed by atoms with van der Waals surface area (Å²) >= 11 is 0. The van der Waals surface area contributed by atoms with Crippen molar-refractivity contribution >= 4 is 5.91 Å². The molecule has 3 atom stereocenters. The van der Waals surface area contributed by atoms with Crippen LogP contribution in [0, 0.1) is 5.92 Å². The van der Waals surface area contributed by atoms with Gasteiger partial charge in [0.15, 0.2) is 0 Å². The molecule has 3 unspecified atom stereocenters. The first-order chi connectivity index (χ1) is 6.63. The van der Waals surface area contributed by atoms with Gasteiger partial charge in [0.2, 0.25) is 5.91 Å². The molecule has 1 saturated carbocycles. The lowest BCUT2D eigenvalue weighted by atomic mass is 10.1. The van der Waals surface area contributed by atoms with E-state index in [1.54, 1.807) is 0 Å². The van der Waals surface area contributed by atoms with Crippen LogP contribution in [0.3, 0.4) is 0 Å². The molecule has 1 fully saturated rings. The third-order valence-corrected chi connectivity index (χ3v) is 2.86. The first-order valence-electron chi connectivity index (χ1n) is 5.34. The van der Waals surface area contributed by atoms with Crippen LogP contribution >= 0.6 is 0 Å². The molecule has 0 aromatic rings. The van der Waals surface area contributed by atoms with Gasteiger partial charge in [0.05, 0.1) is 12.1 Å². The molecule has 1 aliphatic rings. The lowest BCUT2D eigenvalue weighted by Gasteiger charge is -2.13. The number of rotatable bonds is 4. The van der Waals surface area contributed by atoms with E-state index in [-0.39, 0.29) is 18.1 Å². The average Bonchev–Trinajstić information content (AvgIpc) is 2.59. The summed E-state index contributed by atoms with van der Waals surface area (Å²) in [7, 11) is 0. The number of hydrogen-bond donors (Lipinski definition) is 3. The quantitative estimate of drug-likeness (QED) is 0.598. The number of amides is 1. The van der Waals surface area contributed by atoms with Crippen LogP contribution in [0.2, 0.25) is 0 Å². The summed E-state index contributed by atoms with van der Waals surface area (Å²) in [6, 6.07) is -0.388. The van der Waals surface area contributed by atoms with Crippen LogP contribution in [0.4, 0.5) is 0 Å². The van der Waals surface area contributed by atoms with Crippen molar-refractivity contribution in [2.24, 2.45) is 11.7 Å². The standard InChI is InChI=1S/C10H20N2O2/c1-2-9(11)10(14)12-6-7-3-4-8(13)5-7/h7-9,13H,2-6,11H2,1H3,(H,12,14). The Balaban J connectivity index is 2.17. The van der Waals surface area contributed by atoms with Gasteiger partial charge < -0.3 is 16.2 Å². The fourth-order valence-electron chi connectivity index (χ4n) is 1.80. The fraction of sp³-hybridized carbons (Fsp3) is 0.900. The van der Waals surface area contributed by atoms with Crippen LogP contribution < -0.4 is 11.1 Å². The molecule has 14 heavy (non-hydrogen) atoms. The van der Waals surface area contributed by atoms with Gasteiger partial charge in [0.1, 0.15) is 0 Å². The van der Waals surface area contributed by atoms with Gasteiger partial charge in [0, 0.05) is 6.54 Å². The summed E-state index contributed by atoms with van der Waals surface area (Å²) in [6.45, 7) is 2.55. The van der Waals surface area contributed by atoms with E-state index in [0.29, 0.717) is 18.9 Å². The Hall–Kier alpha value is -0.610. The van der Waals surface area contributed by atoms with Crippen molar-refractivity contribution in [2.45, 2.75) is 44.8 Å². The molecule has 4 N–H and O–H groups in total. The van der Waals surface area contributed by atoms with Crippen molar-refractivity contribution in [1.82, 2.24) is 5.32 Å². The van der Waals surface area contributed by atoms with E-state index in [0.717, 1.165) is 19.3 Å². The normalized spacial score (nSPS) is 28.8. The van der Waals surface area contributed by atoms with E-state index in [1.165, 1.54) is 0 Å². The molecule has 1 aliphatic carbocycles. The van der Waals surface area contributed by atoms with Gasteiger partial charge in [-0.25, -0.2) is 0 Å². The van der Waals surface area contributed by atoms with Crippen LogP contribution in [0.25, 0.3) is 0 Å². The molecule has 0 heterocycles. The molecule has 4 nitrogen and oxygen atoms in total. The minimum atomic E-state index is -0.388. The first-order valence-corrected chi connectivity index (χ1v) is 5.34.